The molecule has 0 spiro atoms. The molecular weight excluding hydrogens is 148 g/mol. The van der Waals surface area contributed by atoms with Crippen molar-refractivity contribution in [2.75, 3.05) is 0 Å². The lowest BCUT2D eigenvalue weighted by molar-refractivity contribution is 0.137. The maximum absolute atomic E-state index is 8.80. The summed E-state index contributed by atoms with van der Waals surface area (Å²) in [5.41, 5.74) is 0. The molecule has 0 radical (unpaired) electrons. The van der Waals surface area contributed by atoms with Gasteiger partial charge in [0.1, 0.15) is 0 Å². The Morgan fingerprint density at radius 2 is 1.73 bits per heavy atom. The highest BCUT2D eigenvalue weighted by atomic mass is 16.6. The van der Waals surface area contributed by atoms with Crippen LogP contribution in [-0.4, -0.2) is 27.6 Å². The summed E-state index contributed by atoms with van der Waals surface area (Å²) in [6.07, 6.45) is -0.752. The molecule has 1 aliphatic carbocycles. The van der Waals surface area contributed by atoms with Gasteiger partial charge in [0, 0.05) is 0 Å². The maximum Gasteiger partial charge on any atom is 0.503 e. The fourth-order valence-corrected chi connectivity index (χ4v) is 0.917. The van der Waals surface area contributed by atoms with Gasteiger partial charge in [-0.2, -0.15) is 0 Å². The van der Waals surface area contributed by atoms with E-state index in [1.807, 2.05) is 0 Å². The fraction of sp³-hybridized carbons (Fsp3) is 0.857. The quantitative estimate of drug-likeness (QED) is 0.542. The average molecular weight is 162 g/mol. The molecule has 4 heteroatoms. The molecule has 1 saturated carbocycles. The van der Waals surface area contributed by atoms with Gasteiger partial charge in [-0.1, -0.05) is 13.8 Å². The van der Waals surface area contributed by atoms with Crippen LogP contribution in [0.4, 0.5) is 4.79 Å². The molecule has 0 amide bonds. The SMILES string of the molecule is CC(C)C1CC1O.O=C(O)O. The van der Waals surface area contributed by atoms with Gasteiger partial charge in [0.15, 0.2) is 0 Å². The van der Waals surface area contributed by atoms with Crippen molar-refractivity contribution in [3.8, 4) is 0 Å². The minimum absolute atomic E-state index is 0.0417. The number of carboxylic acid groups (broad SMARTS) is 2. The number of aliphatic hydroxyl groups excluding tert-OH is 1. The summed E-state index contributed by atoms with van der Waals surface area (Å²) in [6, 6.07) is 0. The molecule has 0 heterocycles. The summed E-state index contributed by atoms with van der Waals surface area (Å²) in [6.45, 7) is 4.31. The predicted molar refractivity (Wildman–Crippen MR) is 39.6 cm³/mol. The Morgan fingerprint density at radius 1 is 1.45 bits per heavy atom. The van der Waals surface area contributed by atoms with Gasteiger partial charge in [0.05, 0.1) is 6.10 Å². The third-order valence-electron chi connectivity index (χ3n) is 1.66. The molecule has 0 aromatic rings. The molecule has 2 unspecified atom stereocenters. The molecule has 4 nitrogen and oxygen atoms in total. The summed E-state index contributed by atoms with van der Waals surface area (Å²) in [5.74, 6) is 1.31. The van der Waals surface area contributed by atoms with E-state index in [1.165, 1.54) is 0 Å². The third-order valence-corrected chi connectivity index (χ3v) is 1.66. The molecule has 0 saturated heterocycles. The van der Waals surface area contributed by atoms with Crippen LogP contribution in [0.15, 0.2) is 0 Å². The summed E-state index contributed by atoms with van der Waals surface area (Å²) in [7, 11) is 0. The molecule has 0 aromatic carbocycles. The van der Waals surface area contributed by atoms with Gasteiger partial charge in [0.2, 0.25) is 0 Å². The van der Waals surface area contributed by atoms with Crippen LogP contribution < -0.4 is 0 Å². The van der Waals surface area contributed by atoms with E-state index in [1.54, 1.807) is 0 Å². The van der Waals surface area contributed by atoms with E-state index in [4.69, 9.17) is 20.1 Å². The molecule has 0 aliphatic heterocycles. The molecule has 66 valence electrons. The Balaban J connectivity index is 0.000000218. The molecule has 0 aromatic heterocycles. The number of hydrogen-bond donors (Lipinski definition) is 3. The minimum Gasteiger partial charge on any atom is -0.450 e. The van der Waals surface area contributed by atoms with E-state index in [9.17, 15) is 0 Å². The summed E-state index contributed by atoms with van der Waals surface area (Å²) in [4.78, 5) is 8.56. The Kier molecular flexibility index (Phi) is 3.89. The van der Waals surface area contributed by atoms with Gasteiger partial charge in [0.25, 0.3) is 0 Å². The lowest BCUT2D eigenvalue weighted by atomic mass is 10.1. The molecular formula is C7H14O4. The van der Waals surface area contributed by atoms with Crippen molar-refractivity contribution >= 4 is 6.16 Å². The standard InChI is InChI=1S/C6H12O.CH2O3/c1-4(2)5-3-6(5)7;2-1(3)4/h4-7H,3H2,1-2H3;(H2,2,3,4). The van der Waals surface area contributed by atoms with E-state index in [2.05, 4.69) is 13.8 Å². The lowest BCUT2D eigenvalue weighted by Crippen LogP contribution is -1.93. The first-order valence-corrected chi connectivity index (χ1v) is 3.55. The maximum atomic E-state index is 8.80. The Morgan fingerprint density at radius 3 is 1.73 bits per heavy atom. The molecule has 3 N–H and O–H groups in total. The largest absolute Gasteiger partial charge is 0.503 e. The third kappa shape index (κ3) is 5.66. The van der Waals surface area contributed by atoms with E-state index in [-0.39, 0.29) is 6.10 Å². The van der Waals surface area contributed by atoms with Gasteiger partial charge in [-0.25, -0.2) is 4.79 Å². The zero-order chi connectivity index (χ0) is 9.02. The summed E-state index contributed by atoms with van der Waals surface area (Å²) in [5, 5.41) is 22.7. The van der Waals surface area contributed by atoms with E-state index < -0.39 is 6.16 Å². The van der Waals surface area contributed by atoms with Crippen LogP contribution in [0.1, 0.15) is 20.3 Å². The Labute approximate surface area is 65.5 Å². The fourth-order valence-electron chi connectivity index (χ4n) is 0.917. The van der Waals surface area contributed by atoms with Gasteiger partial charge in [-0.3, -0.25) is 0 Å². The van der Waals surface area contributed by atoms with E-state index in [0.717, 1.165) is 6.42 Å². The second-order valence-electron chi connectivity index (χ2n) is 2.99. The van der Waals surface area contributed by atoms with Crippen molar-refractivity contribution in [3.63, 3.8) is 0 Å². The zero-order valence-corrected chi connectivity index (χ0v) is 6.69. The highest BCUT2D eigenvalue weighted by Crippen LogP contribution is 2.36. The van der Waals surface area contributed by atoms with Crippen molar-refractivity contribution in [1.82, 2.24) is 0 Å². The monoisotopic (exact) mass is 162 g/mol. The minimum atomic E-state index is -1.83. The smallest absolute Gasteiger partial charge is 0.450 e. The Bertz CT molecular complexity index is 128. The molecule has 1 rings (SSSR count). The average Bonchev–Trinajstić information content (AvgIpc) is 2.44. The first-order valence-electron chi connectivity index (χ1n) is 3.55. The van der Waals surface area contributed by atoms with Crippen LogP contribution in [0.3, 0.4) is 0 Å². The Hall–Kier alpha value is -0.770. The number of rotatable bonds is 1. The van der Waals surface area contributed by atoms with Crippen LogP contribution in [0, 0.1) is 11.8 Å². The molecule has 1 fully saturated rings. The first kappa shape index (κ1) is 10.2. The topological polar surface area (TPSA) is 77.8 Å². The zero-order valence-electron chi connectivity index (χ0n) is 6.69. The lowest BCUT2D eigenvalue weighted by Gasteiger charge is -1.96. The predicted octanol–water partition coefficient (Wildman–Crippen LogP) is 1.25. The molecule has 0 bridgehead atoms. The van der Waals surface area contributed by atoms with Crippen molar-refractivity contribution in [2.45, 2.75) is 26.4 Å². The first-order chi connectivity index (χ1) is 4.95. The van der Waals surface area contributed by atoms with E-state index >= 15 is 0 Å². The van der Waals surface area contributed by atoms with Crippen LogP contribution in [0.2, 0.25) is 0 Å². The molecule has 1 aliphatic rings. The summed E-state index contributed by atoms with van der Waals surface area (Å²) >= 11 is 0. The van der Waals surface area contributed by atoms with Crippen LogP contribution in [0.25, 0.3) is 0 Å². The highest BCUT2D eigenvalue weighted by Gasteiger charge is 2.37. The second-order valence-corrected chi connectivity index (χ2v) is 2.99. The van der Waals surface area contributed by atoms with Crippen molar-refractivity contribution in [1.29, 1.82) is 0 Å². The van der Waals surface area contributed by atoms with Gasteiger partial charge >= 0.3 is 6.16 Å². The van der Waals surface area contributed by atoms with Crippen LogP contribution in [0.5, 0.6) is 0 Å². The molecule has 2 atom stereocenters. The van der Waals surface area contributed by atoms with Gasteiger partial charge in [-0.05, 0) is 18.3 Å². The van der Waals surface area contributed by atoms with E-state index in [0.29, 0.717) is 11.8 Å². The van der Waals surface area contributed by atoms with Crippen LogP contribution >= 0.6 is 0 Å². The van der Waals surface area contributed by atoms with Crippen molar-refractivity contribution < 1.29 is 20.1 Å². The number of hydrogen-bond acceptors (Lipinski definition) is 2. The van der Waals surface area contributed by atoms with Crippen LogP contribution in [-0.2, 0) is 0 Å². The highest BCUT2D eigenvalue weighted by molar-refractivity contribution is 5.53. The van der Waals surface area contributed by atoms with Crippen molar-refractivity contribution in [3.05, 3.63) is 0 Å². The van der Waals surface area contributed by atoms with Gasteiger partial charge < -0.3 is 15.3 Å². The number of aliphatic hydroxyl groups is 1. The van der Waals surface area contributed by atoms with Gasteiger partial charge in [-0.15, -0.1) is 0 Å². The summed E-state index contributed by atoms with van der Waals surface area (Å²) < 4.78 is 0. The second kappa shape index (κ2) is 4.18. The van der Waals surface area contributed by atoms with Crippen molar-refractivity contribution in [2.24, 2.45) is 11.8 Å². The normalized spacial score (nSPS) is 27.3. The molecule has 11 heavy (non-hydrogen) atoms. The number of carbonyl (C=O) groups is 1.